The highest BCUT2D eigenvalue weighted by atomic mass is 32.2. The van der Waals surface area contributed by atoms with E-state index in [1.807, 2.05) is 6.92 Å². The predicted octanol–water partition coefficient (Wildman–Crippen LogP) is 1.75. The Hall–Kier alpha value is -2.33. The van der Waals surface area contributed by atoms with E-state index < -0.39 is 10.0 Å². The van der Waals surface area contributed by atoms with Crippen LogP contribution in [0.5, 0.6) is 5.75 Å². The van der Waals surface area contributed by atoms with Crippen LogP contribution in [0.15, 0.2) is 18.2 Å². The molecule has 1 aromatic carbocycles. The highest BCUT2D eigenvalue weighted by Gasteiger charge is 2.39. The summed E-state index contributed by atoms with van der Waals surface area (Å²) in [5.41, 5.74) is 0.624. The zero-order valence-electron chi connectivity index (χ0n) is 18.2. The minimum Gasteiger partial charge on any atom is -0.490 e. The molecule has 0 saturated carbocycles. The first-order valence-corrected chi connectivity index (χ1v) is 12.4. The summed E-state index contributed by atoms with van der Waals surface area (Å²) in [5.74, 6) is 0.0210. The summed E-state index contributed by atoms with van der Waals surface area (Å²) in [6.07, 6.45) is 1.97. The number of hydrogen-bond acceptors (Lipinski definition) is 6. The number of likely N-dealkylation sites (N-methyl/N-ethyl adjacent to an activating group) is 1. The summed E-state index contributed by atoms with van der Waals surface area (Å²) in [6.45, 7) is 4.43. The quantitative estimate of drug-likeness (QED) is 0.650. The fourth-order valence-corrected chi connectivity index (χ4v) is 4.52. The maximum absolute atomic E-state index is 13.2. The van der Waals surface area contributed by atoms with E-state index in [-0.39, 0.29) is 42.4 Å². The fraction of sp³-hybridized carbons (Fsp3) is 0.619. The Kier molecular flexibility index (Phi) is 7.42. The Bertz CT molecular complexity index is 920. The Morgan fingerprint density at radius 3 is 2.74 bits per heavy atom. The van der Waals surface area contributed by atoms with Crippen molar-refractivity contribution in [3.8, 4) is 5.75 Å². The molecule has 3 atom stereocenters. The summed E-state index contributed by atoms with van der Waals surface area (Å²) in [4.78, 5) is 26.8. The number of nitrogens with zero attached hydrogens (tertiary/aromatic N) is 1. The van der Waals surface area contributed by atoms with Gasteiger partial charge in [-0.3, -0.25) is 14.3 Å². The van der Waals surface area contributed by atoms with Crippen molar-refractivity contribution in [1.82, 2.24) is 10.2 Å². The molecule has 1 saturated heterocycles. The number of sulfonamides is 1. The van der Waals surface area contributed by atoms with Gasteiger partial charge in [-0.05, 0) is 44.4 Å². The van der Waals surface area contributed by atoms with Crippen molar-refractivity contribution in [2.24, 2.45) is 0 Å². The van der Waals surface area contributed by atoms with E-state index >= 15 is 0 Å². The zero-order valence-corrected chi connectivity index (χ0v) is 19.0. The molecule has 0 radical (unpaired) electrons. The lowest BCUT2D eigenvalue weighted by Gasteiger charge is -2.42. The van der Waals surface area contributed by atoms with Crippen LogP contribution in [0.25, 0.3) is 0 Å². The van der Waals surface area contributed by atoms with Crippen LogP contribution in [-0.4, -0.2) is 69.3 Å². The van der Waals surface area contributed by atoms with Gasteiger partial charge in [0.15, 0.2) is 0 Å². The highest BCUT2D eigenvalue weighted by molar-refractivity contribution is 7.92. The standard InChI is InChI=1S/C21H31N3O6S/c1-4-10-22-20(25)12-15-7-8-17-19(30-15)13-29-18-9-6-14(23-31(27,28)5-2)11-16(18)21(26)24(17)3/h6,9,11,15,17,19,23H,4-5,7-8,10,12-13H2,1-3H3,(H,22,25)/t15-,17+,19+/m1/s1. The maximum atomic E-state index is 13.2. The molecule has 1 aromatic rings. The van der Waals surface area contributed by atoms with Crippen molar-refractivity contribution < 1.29 is 27.5 Å². The first-order chi connectivity index (χ1) is 14.7. The molecule has 2 heterocycles. The van der Waals surface area contributed by atoms with Gasteiger partial charge in [0.2, 0.25) is 15.9 Å². The summed E-state index contributed by atoms with van der Waals surface area (Å²) in [6, 6.07) is 4.48. The SMILES string of the molecule is CCCNC(=O)C[C@H]1CC[C@H]2[C@H](COc3ccc(NS(=O)(=O)CC)cc3C(=O)N2C)O1. The monoisotopic (exact) mass is 453 g/mol. The number of amides is 2. The molecule has 3 rings (SSSR count). The molecule has 172 valence electrons. The van der Waals surface area contributed by atoms with Crippen molar-refractivity contribution in [3.63, 3.8) is 0 Å². The first-order valence-electron chi connectivity index (χ1n) is 10.7. The van der Waals surface area contributed by atoms with Gasteiger partial charge in [-0.1, -0.05) is 6.92 Å². The van der Waals surface area contributed by atoms with Crippen LogP contribution >= 0.6 is 0 Å². The number of anilines is 1. The molecule has 2 amide bonds. The lowest BCUT2D eigenvalue weighted by Crippen LogP contribution is -2.54. The van der Waals surface area contributed by atoms with Gasteiger partial charge in [0, 0.05) is 19.3 Å². The van der Waals surface area contributed by atoms with Crippen molar-refractivity contribution in [3.05, 3.63) is 23.8 Å². The topological polar surface area (TPSA) is 114 Å². The Morgan fingerprint density at radius 1 is 1.26 bits per heavy atom. The van der Waals surface area contributed by atoms with Crippen LogP contribution in [0, 0.1) is 0 Å². The average Bonchev–Trinajstić information content (AvgIpc) is 2.75. The number of fused-ring (bicyclic) bond motifs is 2. The van der Waals surface area contributed by atoms with E-state index in [1.165, 1.54) is 6.07 Å². The molecule has 10 heteroatoms. The van der Waals surface area contributed by atoms with Crippen molar-refractivity contribution >= 4 is 27.5 Å². The summed E-state index contributed by atoms with van der Waals surface area (Å²) >= 11 is 0. The third kappa shape index (κ3) is 5.68. The minimum absolute atomic E-state index is 0.0334. The lowest BCUT2D eigenvalue weighted by atomic mass is 9.94. The smallest absolute Gasteiger partial charge is 0.257 e. The number of carbonyl (C=O) groups excluding carboxylic acids is 2. The zero-order chi connectivity index (χ0) is 22.6. The van der Waals surface area contributed by atoms with E-state index in [0.29, 0.717) is 42.8 Å². The molecule has 0 spiro atoms. The molecular formula is C21H31N3O6S. The summed E-state index contributed by atoms with van der Waals surface area (Å²) in [5, 5.41) is 2.86. The maximum Gasteiger partial charge on any atom is 0.257 e. The largest absolute Gasteiger partial charge is 0.490 e. The fourth-order valence-electron chi connectivity index (χ4n) is 3.89. The van der Waals surface area contributed by atoms with Crippen LogP contribution in [-0.2, 0) is 19.6 Å². The summed E-state index contributed by atoms with van der Waals surface area (Å²) in [7, 11) is -1.74. The molecule has 0 aromatic heterocycles. The summed E-state index contributed by atoms with van der Waals surface area (Å²) < 4.78 is 38.3. The number of rotatable bonds is 7. The third-order valence-corrected chi connectivity index (χ3v) is 6.96. The minimum atomic E-state index is -3.46. The van der Waals surface area contributed by atoms with Gasteiger partial charge in [0.05, 0.1) is 29.9 Å². The van der Waals surface area contributed by atoms with Gasteiger partial charge in [-0.25, -0.2) is 8.42 Å². The number of hydrogen-bond donors (Lipinski definition) is 2. The Labute approximate surface area is 183 Å². The Balaban J connectivity index is 1.75. The molecule has 9 nitrogen and oxygen atoms in total. The molecule has 0 bridgehead atoms. The van der Waals surface area contributed by atoms with E-state index in [4.69, 9.17) is 9.47 Å². The lowest BCUT2D eigenvalue weighted by molar-refractivity contribution is -0.134. The number of nitrogens with one attached hydrogen (secondary N) is 2. The van der Waals surface area contributed by atoms with Crippen molar-refractivity contribution in [2.75, 3.05) is 30.7 Å². The second kappa shape index (κ2) is 9.86. The second-order valence-electron chi connectivity index (χ2n) is 7.94. The van der Waals surface area contributed by atoms with Crippen molar-refractivity contribution in [2.45, 2.75) is 57.8 Å². The second-order valence-corrected chi connectivity index (χ2v) is 9.95. The molecule has 1 fully saturated rings. The van der Waals surface area contributed by atoms with Gasteiger partial charge in [0.1, 0.15) is 18.5 Å². The van der Waals surface area contributed by atoms with Crippen LogP contribution in [0.4, 0.5) is 5.69 Å². The van der Waals surface area contributed by atoms with Gasteiger partial charge in [-0.2, -0.15) is 0 Å². The van der Waals surface area contributed by atoms with E-state index in [1.54, 1.807) is 31.0 Å². The van der Waals surface area contributed by atoms with Crippen LogP contribution in [0.1, 0.15) is 49.9 Å². The van der Waals surface area contributed by atoms with Crippen LogP contribution < -0.4 is 14.8 Å². The molecule has 31 heavy (non-hydrogen) atoms. The Morgan fingerprint density at radius 2 is 2.03 bits per heavy atom. The number of benzene rings is 1. The number of ether oxygens (including phenoxy) is 2. The van der Waals surface area contributed by atoms with Crippen LogP contribution in [0.2, 0.25) is 0 Å². The van der Waals surface area contributed by atoms with Gasteiger partial charge in [0.25, 0.3) is 5.91 Å². The molecular weight excluding hydrogens is 422 g/mol. The first kappa shape index (κ1) is 23.3. The third-order valence-electron chi connectivity index (χ3n) is 5.65. The molecule has 0 aliphatic carbocycles. The van der Waals surface area contributed by atoms with Gasteiger partial charge < -0.3 is 19.7 Å². The van der Waals surface area contributed by atoms with E-state index in [2.05, 4.69) is 10.0 Å². The molecule has 2 aliphatic rings. The van der Waals surface area contributed by atoms with Crippen molar-refractivity contribution in [1.29, 1.82) is 0 Å². The van der Waals surface area contributed by atoms with E-state index in [9.17, 15) is 18.0 Å². The molecule has 0 unspecified atom stereocenters. The van der Waals surface area contributed by atoms with Crippen LogP contribution in [0.3, 0.4) is 0 Å². The molecule has 2 aliphatic heterocycles. The number of carbonyl (C=O) groups is 2. The van der Waals surface area contributed by atoms with Gasteiger partial charge >= 0.3 is 0 Å². The van der Waals surface area contributed by atoms with Gasteiger partial charge in [-0.15, -0.1) is 0 Å². The predicted molar refractivity (Wildman–Crippen MR) is 117 cm³/mol. The average molecular weight is 454 g/mol. The highest BCUT2D eigenvalue weighted by Crippen LogP contribution is 2.32. The molecule has 2 N–H and O–H groups in total. The van der Waals surface area contributed by atoms with E-state index in [0.717, 1.165) is 6.42 Å². The normalized spacial score (nSPS) is 23.6.